The second-order valence-corrected chi connectivity index (χ2v) is 6.45. The Labute approximate surface area is 119 Å². The van der Waals surface area contributed by atoms with E-state index in [9.17, 15) is 17.6 Å². The normalized spacial score (nSPS) is 11.3. The first-order valence-corrected chi connectivity index (χ1v) is 7.94. The number of nitrogens with two attached hydrogens (primary N) is 1. The van der Waals surface area contributed by atoms with Crippen LogP contribution in [0.25, 0.3) is 0 Å². The smallest absolute Gasteiger partial charge is 0.256 e. The third-order valence-corrected chi connectivity index (χ3v) is 4.31. The number of primary sulfonamides is 1. The fourth-order valence-electron chi connectivity index (χ4n) is 1.59. The van der Waals surface area contributed by atoms with Crippen molar-refractivity contribution in [2.45, 2.75) is 11.8 Å². The van der Waals surface area contributed by atoms with E-state index in [1.807, 2.05) is 0 Å². The van der Waals surface area contributed by atoms with Gasteiger partial charge in [0.15, 0.2) is 0 Å². The molecule has 0 aliphatic rings. The van der Waals surface area contributed by atoms with Gasteiger partial charge in [-0.15, -0.1) is 0 Å². The van der Waals surface area contributed by atoms with Crippen molar-refractivity contribution in [2.24, 2.45) is 5.14 Å². The van der Waals surface area contributed by atoms with Crippen LogP contribution >= 0.6 is 11.3 Å². The van der Waals surface area contributed by atoms with E-state index >= 15 is 0 Å². The van der Waals surface area contributed by atoms with Crippen molar-refractivity contribution in [1.29, 1.82) is 0 Å². The van der Waals surface area contributed by atoms with E-state index < -0.39 is 26.6 Å². The Hall–Kier alpha value is -1.77. The molecule has 0 aliphatic carbocycles. The van der Waals surface area contributed by atoms with Crippen molar-refractivity contribution < 1.29 is 17.6 Å². The number of carbonyl (C=O) groups excluding carboxylic acids is 1. The molecule has 2 rings (SSSR count). The van der Waals surface area contributed by atoms with Crippen LogP contribution in [-0.4, -0.2) is 14.3 Å². The van der Waals surface area contributed by atoms with E-state index in [1.165, 1.54) is 11.3 Å². The topological polar surface area (TPSA) is 89.3 Å². The van der Waals surface area contributed by atoms with Crippen LogP contribution in [0.4, 0.5) is 10.1 Å². The number of sulfonamides is 1. The van der Waals surface area contributed by atoms with Crippen molar-refractivity contribution >= 4 is 33.0 Å². The molecule has 0 saturated heterocycles. The van der Waals surface area contributed by atoms with Gasteiger partial charge in [-0.1, -0.05) is 0 Å². The van der Waals surface area contributed by atoms with Crippen LogP contribution in [-0.2, 0) is 10.0 Å². The first-order chi connectivity index (χ1) is 9.27. The van der Waals surface area contributed by atoms with E-state index in [0.29, 0.717) is 5.56 Å². The highest BCUT2D eigenvalue weighted by molar-refractivity contribution is 7.89. The van der Waals surface area contributed by atoms with Gasteiger partial charge >= 0.3 is 0 Å². The molecule has 0 fully saturated rings. The molecule has 1 aromatic heterocycles. The third-order valence-electron chi connectivity index (χ3n) is 2.56. The molecule has 0 bridgehead atoms. The molecule has 0 radical (unpaired) electrons. The van der Waals surface area contributed by atoms with Crippen molar-refractivity contribution in [3.05, 3.63) is 45.9 Å². The zero-order valence-electron chi connectivity index (χ0n) is 10.4. The van der Waals surface area contributed by atoms with Gasteiger partial charge < -0.3 is 5.32 Å². The summed E-state index contributed by atoms with van der Waals surface area (Å²) in [4.78, 5) is 11.6. The second kappa shape index (κ2) is 5.31. The van der Waals surface area contributed by atoms with Crippen LogP contribution in [0.5, 0.6) is 0 Å². The minimum absolute atomic E-state index is 0.0321. The van der Waals surface area contributed by atoms with Gasteiger partial charge in [-0.2, -0.15) is 11.3 Å². The minimum Gasteiger partial charge on any atom is -0.322 e. The van der Waals surface area contributed by atoms with Crippen LogP contribution in [0.1, 0.15) is 15.9 Å². The molecular weight excluding hydrogens is 303 g/mol. The second-order valence-electron chi connectivity index (χ2n) is 4.14. The number of benzene rings is 1. The molecule has 5 nitrogen and oxygen atoms in total. The maximum absolute atomic E-state index is 13.4. The lowest BCUT2D eigenvalue weighted by Gasteiger charge is -2.07. The molecule has 1 amide bonds. The Balaban J connectivity index is 2.33. The Kier molecular flexibility index (Phi) is 3.89. The van der Waals surface area contributed by atoms with E-state index in [2.05, 4.69) is 5.32 Å². The number of hydrogen-bond acceptors (Lipinski definition) is 4. The molecule has 0 atom stereocenters. The first-order valence-electron chi connectivity index (χ1n) is 5.45. The molecule has 8 heteroatoms. The van der Waals surface area contributed by atoms with Crippen molar-refractivity contribution in [3.63, 3.8) is 0 Å². The van der Waals surface area contributed by atoms with Gasteiger partial charge in [-0.25, -0.2) is 17.9 Å². The van der Waals surface area contributed by atoms with Crippen LogP contribution in [0.3, 0.4) is 0 Å². The van der Waals surface area contributed by atoms with Crippen molar-refractivity contribution in [3.8, 4) is 0 Å². The molecule has 1 aromatic carbocycles. The van der Waals surface area contributed by atoms with Gasteiger partial charge in [0.25, 0.3) is 5.91 Å². The summed E-state index contributed by atoms with van der Waals surface area (Å²) in [5.74, 6) is -1.23. The summed E-state index contributed by atoms with van der Waals surface area (Å²) < 4.78 is 35.8. The summed E-state index contributed by atoms with van der Waals surface area (Å²) >= 11 is 1.36. The van der Waals surface area contributed by atoms with Gasteiger partial charge in [-0.3, -0.25) is 4.79 Å². The van der Waals surface area contributed by atoms with Gasteiger partial charge in [0.1, 0.15) is 5.82 Å². The molecule has 1 heterocycles. The summed E-state index contributed by atoms with van der Waals surface area (Å²) in [6, 6.07) is 2.92. The minimum atomic E-state index is -4.03. The van der Waals surface area contributed by atoms with Crippen molar-refractivity contribution in [1.82, 2.24) is 0 Å². The number of anilines is 1. The summed E-state index contributed by atoms with van der Waals surface area (Å²) in [7, 11) is -4.03. The molecule has 106 valence electrons. The zero-order valence-corrected chi connectivity index (χ0v) is 12.0. The molecule has 2 aromatic rings. The Bertz CT molecular complexity index is 769. The van der Waals surface area contributed by atoms with Crippen molar-refractivity contribution in [2.75, 3.05) is 5.32 Å². The first kappa shape index (κ1) is 14.6. The average Bonchev–Trinajstić information content (AvgIpc) is 2.73. The number of halogens is 1. The average molecular weight is 314 g/mol. The van der Waals surface area contributed by atoms with E-state index in [0.717, 1.165) is 23.8 Å². The van der Waals surface area contributed by atoms with Crippen LogP contribution < -0.4 is 10.5 Å². The molecule has 0 aliphatic heterocycles. The highest BCUT2D eigenvalue weighted by Crippen LogP contribution is 2.20. The Morgan fingerprint density at radius 3 is 2.55 bits per heavy atom. The fraction of sp³-hybridized carbons (Fsp3) is 0.0833. The molecule has 3 N–H and O–H groups in total. The van der Waals surface area contributed by atoms with Crippen LogP contribution in [0.2, 0.25) is 0 Å². The number of rotatable bonds is 3. The summed E-state index contributed by atoms with van der Waals surface area (Å²) in [6.45, 7) is 1.77. The number of amides is 1. The van der Waals surface area contributed by atoms with Crippen LogP contribution in [0, 0.1) is 12.7 Å². The lowest BCUT2D eigenvalue weighted by Crippen LogP contribution is -2.15. The quantitative estimate of drug-likeness (QED) is 0.909. The lowest BCUT2D eigenvalue weighted by molar-refractivity contribution is 0.102. The highest BCUT2D eigenvalue weighted by Gasteiger charge is 2.14. The zero-order chi connectivity index (χ0) is 14.9. The number of aryl methyl sites for hydroxylation is 1. The number of thiophene rings is 1. The predicted octanol–water partition coefficient (Wildman–Crippen LogP) is 2.10. The number of nitrogens with one attached hydrogen (secondary N) is 1. The van der Waals surface area contributed by atoms with Crippen LogP contribution in [0.15, 0.2) is 33.9 Å². The number of carbonyl (C=O) groups is 1. The summed E-state index contributed by atoms with van der Waals surface area (Å²) in [5, 5.41) is 10.8. The third kappa shape index (κ3) is 3.21. The monoisotopic (exact) mass is 314 g/mol. The van der Waals surface area contributed by atoms with E-state index in [-0.39, 0.29) is 5.69 Å². The predicted molar refractivity (Wildman–Crippen MR) is 74.8 cm³/mol. The van der Waals surface area contributed by atoms with E-state index in [4.69, 9.17) is 5.14 Å². The number of hydrogen-bond donors (Lipinski definition) is 2. The maximum Gasteiger partial charge on any atom is 0.256 e. The Morgan fingerprint density at radius 1 is 1.30 bits per heavy atom. The summed E-state index contributed by atoms with van der Waals surface area (Å²) in [6.07, 6.45) is 0. The van der Waals surface area contributed by atoms with Gasteiger partial charge in [0.05, 0.1) is 10.5 Å². The molecule has 0 saturated carbocycles. The van der Waals surface area contributed by atoms with Gasteiger partial charge in [-0.05, 0) is 36.1 Å². The van der Waals surface area contributed by atoms with E-state index in [1.54, 1.807) is 17.7 Å². The highest BCUT2D eigenvalue weighted by atomic mass is 32.2. The Morgan fingerprint density at radius 2 is 2.00 bits per heavy atom. The molecular formula is C12H11FN2O3S2. The fourth-order valence-corrected chi connectivity index (χ4v) is 2.99. The maximum atomic E-state index is 13.4. The largest absolute Gasteiger partial charge is 0.322 e. The SMILES string of the molecule is Cc1cscc1C(=O)Nc1cc(F)cc(S(N)(=O)=O)c1. The molecule has 20 heavy (non-hydrogen) atoms. The standard InChI is InChI=1S/C12H11FN2O3S2/c1-7-5-19-6-11(7)12(16)15-9-2-8(13)3-10(4-9)20(14,17)18/h2-6H,1H3,(H,15,16)(H2,14,17,18). The summed E-state index contributed by atoms with van der Waals surface area (Å²) in [5.41, 5.74) is 1.27. The van der Waals surface area contributed by atoms with Gasteiger partial charge in [0, 0.05) is 11.1 Å². The molecule has 0 unspecified atom stereocenters. The molecule has 0 spiro atoms. The van der Waals surface area contributed by atoms with Gasteiger partial charge in [0.2, 0.25) is 10.0 Å². The lowest BCUT2D eigenvalue weighted by atomic mass is 10.2.